The lowest BCUT2D eigenvalue weighted by Gasteiger charge is -2.21. The van der Waals surface area contributed by atoms with E-state index in [1.54, 1.807) is 0 Å². The van der Waals surface area contributed by atoms with Crippen molar-refractivity contribution < 1.29 is 24.5 Å². The van der Waals surface area contributed by atoms with Crippen molar-refractivity contribution in [3.05, 3.63) is 34.3 Å². The highest BCUT2D eigenvalue weighted by Crippen LogP contribution is 2.32. The van der Waals surface area contributed by atoms with Crippen molar-refractivity contribution in [2.45, 2.75) is 25.7 Å². The lowest BCUT2D eigenvalue weighted by atomic mass is 10.2. The van der Waals surface area contributed by atoms with Gasteiger partial charge in [0.25, 0.3) is 0 Å². The van der Waals surface area contributed by atoms with Gasteiger partial charge in [0.15, 0.2) is 17.6 Å². The number of anilines is 1. The summed E-state index contributed by atoms with van der Waals surface area (Å²) < 4.78 is 11.8. The highest BCUT2D eigenvalue weighted by atomic mass is 16.6. The lowest BCUT2D eigenvalue weighted by molar-refractivity contribution is -0.114. The average Bonchev–Trinajstić information content (AvgIpc) is 2.83. The molecule has 1 aromatic rings. The molecule has 0 spiro atoms. The van der Waals surface area contributed by atoms with Crippen LogP contribution in [0.5, 0.6) is 0 Å². The van der Waals surface area contributed by atoms with Crippen molar-refractivity contribution in [1.29, 1.82) is 5.26 Å². The lowest BCUT2D eigenvalue weighted by Crippen LogP contribution is -2.34. The third-order valence-corrected chi connectivity index (χ3v) is 3.14. The van der Waals surface area contributed by atoms with Crippen LogP contribution in [0, 0.1) is 11.3 Å². The number of carbonyl (C=O) groups excluding carboxylic acids is 1. The van der Waals surface area contributed by atoms with E-state index in [-0.39, 0.29) is 36.3 Å². The topological polar surface area (TPSA) is 147 Å². The second-order valence-electron chi connectivity index (χ2n) is 4.86. The number of nitrogens with one attached hydrogen (secondary N) is 1. The summed E-state index contributed by atoms with van der Waals surface area (Å²) in [5.74, 6) is -0.780. The number of carbonyl (C=O) groups is 1. The Labute approximate surface area is 136 Å². The standard InChI is InChI=1S/C14H16N4O6/c1-8(20)16-10-3-5-18(14(22)17-10)13-12(23-6-2-4-15)11(21)9(7-19)24-13/h3,5,12-13,19,21H,2,6-7H2,1H3,(H,16,17,20,22)/t12?,13-/m1/s1. The van der Waals surface area contributed by atoms with Crippen molar-refractivity contribution >= 4 is 11.7 Å². The minimum absolute atomic E-state index is 0.00987. The Morgan fingerprint density at radius 3 is 2.96 bits per heavy atom. The van der Waals surface area contributed by atoms with E-state index in [9.17, 15) is 19.8 Å². The van der Waals surface area contributed by atoms with Crippen molar-refractivity contribution in [2.24, 2.45) is 0 Å². The molecule has 0 aliphatic carbocycles. The number of amides is 1. The predicted molar refractivity (Wildman–Crippen MR) is 79.6 cm³/mol. The van der Waals surface area contributed by atoms with Crippen LogP contribution in [0.3, 0.4) is 0 Å². The number of hydrogen-bond donors (Lipinski definition) is 3. The zero-order valence-electron chi connectivity index (χ0n) is 12.8. The van der Waals surface area contributed by atoms with Gasteiger partial charge in [-0.15, -0.1) is 0 Å². The molecule has 0 aromatic carbocycles. The summed E-state index contributed by atoms with van der Waals surface area (Å²) in [6.45, 7) is 0.713. The molecule has 0 bridgehead atoms. The minimum atomic E-state index is -1.09. The zero-order valence-corrected chi connectivity index (χ0v) is 12.8. The van der Waals surface area contributed by atoms with Crippen LogP contribution in [-0.4, -0.2) is 45.0 Å². The van der Waals surface area contributed by atoms with Gasteiger partial charge in [-0.25, -0.2) is 4.79 Å². The van der Waals surface area contributed by atoms with E-state index in [0.29, 0.717) is 0 Å². The molecule has 2 rings (SSSR count). The fourth-order valence-corrected chi connectivity index (χ4v) is 2.13. The van der Waals surface area contributed by atoms with Crippen LogP contribution >= 0.6 is 0 Å². The van der Waals surface area contributed by atoms with Crippen LogP contribution in [0.15, 0.2) is 28.6 Å². The summed E-state index contributed by atoms with van der Waals surface area (Å²) in [6.07, 6.45) is -0.747. The molecule has 10 heteroatoms. The third-order valence-electron chi connectivity index (χ3n) is 3.14. The number of nitrogens with zero attached hydrogens (tertiary/aromatic N) is 3. The van der Waals surface area contributed by atoms with Crippen LogP contribution < -0.4 is 11.0 Å². The number of nitriles is 1. The summed E-state index contributed by atoms with van der Waals surface area (Å²) in [6, 6.07) is 3.27. The SMILES string of the molecule is CC(=O)Nc1ccn([C@@H]2OC(CO)=C(O)C2OCCC#N)c(=O)n1. The molecule has 10 nitrogen and oxygen atoms in total. The number of aromatic nitrogens is 2. The Balaban J connectivity index is 2.27. The maximum atomic E-state index is 12.1. The van der Waals surface area contributed by atoms with Crippen molar-refractivity contribution in [3.8, 4) is 6.07 Å². The van der Waals surface area contributed by atoms with E-state index in [1.807, 2.05) is 6.07 Å². The van der Waals surface area contributed by atoms with Gasteiger partial charge < -0.3 is 25.0 Å². The molecule has 0 fully saturated rings. The van der Waals surface area contributed by atoms with Gasteiger partial charge in [0.05, 0.1) is 19.1 Å². The average molecular weight is 336 g/mol. The van der Waals surface area contributed by atoms with E-state index >= 15 is 0 Å². The normalized spacial score (nSPS) is 19.7. The summed E-state index contributed by atoms with van der Waals surface area (Å²) in [4.78, 5) is 26.8. The van der Waals surface area contributed by atoms with Gasteiger partial charge >= 0.3 is 5.69 Å². The van der Waals surface area contributed by atoms with E-state index in [2.05, 4.69) is 10.3 Å². The quantitative estimate of drug-likeness (QED) is 0.605. The van der Waals surface area contributed by atoms with Gasteiger partial charge in [0.1, 0.15) is 12.4 Å². The smallest absolute Gasteiger partial charge is 0.352 e. The van der Waals surface area contributed by atoms with Gasteiger partial charge in [-0.2, -0.15) is 10.2 Å². The summed E-state index contributed by atoms with van der Waals surface area (Å²) in [5, 5.41) is 30.2. The Kier molecular flexibility index (Phi) is 5.51. The highest BCUT2D eigenvalue weighted by molar-refractivity contribution is 5.87. The molecule has 128 valence electrons. The molecule has 3 N–H and O–H groups in total. The van der Waals surface area contributed by atoms with E-state index in [4.69, 9.17) is 14.7 Å². The number of aliphatic hydroxyl groups is 2. The molecule has 1 amide bonds. The molecule has 24 heavy (non-hydrogen) atoms. The summed E-state index contributed by atoms with van der Waals surface area (Å²) >= 11 is 0. The number of ether oxygens (including phenoxy) is 2. The second-order valence-corrected chi connectivity index (χ2v) is 4.86. The Morgan fingerprint density at radius 1 is 1.62 bits per heavy atom. The maximum absolute atomic E-state index is 12.1. The molecular weight excluding hydrogens is 320 g/mol. The molecular formula is C14H16N4O6. The zero-order chi connectivity index (χ0) is 17.7. The van der Waals surface area contributed by atoms with Crippen molar-refractivity contribution in [2.75, 3.05) is 18.5 Å². The van der Waals surface area contributed by atoms with Crippen LogP contribution in [0.4, 0.5) is 5.82 Å². The summed E-state index contributed by atoms with van der Waals surface area (Å²) in [5.41, 5.74) is -0.743. The number of aliphatic hydroxyl groups excluding tert-OH is 2. The molecule has 0 saturated carbocycles. The van der Waals surface area contributed by atoms with Crippen LogP contribution in [0.25, 0.3) is 0 Å². The molecule has 1 aromatic heterocycles. The molecule has 2 atom stereocenters. The molecule has 2 heterocycles. The van der Waals surface area contributed by atoms with E-state index in [1.165, 1.54) is 19.2 Å². The Morgan fingerprint density at radius 2 is 2.38 bits per heavy atom. The first-order chi connectivity index (χ1) is 11.5. The molecule has 1 unspecified atom stereocenters. The number of rotatable bonds is 6. The Hall–Kier alpha value is -2.90. The van der Waals surface area contributed by atoms with Gasteiger partial charge in [0, 0.05) is 13.1 Å². The summed E-state index contributed by atoms with van der Waals surface area (Å²) in [7, 11) is 0. The molecule has 1 aliphatic rings. The first-order valence-electron chi connectivity index (χ1n) is 7.02. The number of hydrogen-bond acceptors (Lipinski definition) is 8. The van der Waals surface area contributed by atoms with Crippen molar-refractivity contribution in [3.63, 3.8) is 0 Å². The second kappa shape index (κ2) is 7.58. The Bertz CT molecular complexity index is 750. The van der Waals surface area contributed by atoms with Gasteiger partial charge in [-0.05, 0) is 6.07 Å². The van der Waals surface area contributed by atoms with E-state index < -0.39 is 24.6 Å². The predicted octanol–water partition coefficient (Wildman–Crippen LogP) is -0.209. The first-order valence-corrected chi connectivity index (χ1v) is 7.02. The molecule has 1 aliphatic heterocycles. The van der Waals surface area contributed by atoms with Crippen molar-refractivity contribution in [1.82, 2.24) is 9.55 Å². The molecule has 0 saturated heterocycles. The first kappa shape index (κ1) is 17.5. The molecule has 0 radical (unpaired) electrons. The van der Waals surface area contributed by atoms with E-state index in [0.717, 1.165) is 4.57 Å². The minimum Gasteiger partial charge on any atom is -0.506 e. The van der Waals surface area contributed by atoms with Crippen LogP contribution in [0.2, 0.25) is 0 Å². The van der Waals surface area contributed by atoms with Crippen LogP contribution in [-0.2, 0) is 14.3 Å². The largest absolute Gasteiger partial charge is 0.506 e. The monoisotopic (exact) mass is 336 g/mol. The van der Waals surface area contributed by atoms with Gasteiger partial charge in [0.2, 0.25) is 12.1 Å². The fraction of sp³-hybridized carbons (Fsp3) is 0.429. The van der Waals surface area contributed by atoms with Crippen LogP contribution in [0.1, 0.15) is 19.6 Å². The maximum Gasteiger partial charge on any atom is 0.352 e. The third kappa shape index (κ3) is 3.70. The highest BCUT2D eigenvalue weighted by Gasteiger charge is 2.39. The van der Waals surface area contributed by atoms with Gasteiger partial charge in [-0.3, -0.25) is 9.36 Å². The fourth-order valence-electron chi connectivity index (χ4n) is 2.13. The van der Waals surface area contributed by atoms with Gasteiger partial charge in [-0.1, -0.05) is 0 Å².